The average Bonchev–Trinajstić information content (AvgIpc) is 2.29. The number of rotatable bonds is 5. The highest BCUT2D eigenvalue weighted by Gasteiger charge is 2.19. The zero-order chi connectivity index (χ0) is 12.8. The SMILES string of the molecule is O=C(N[C@H](CCO)C(=O)O)c1ccc(Br)nc1. The summed E-state index contributed by atoms with van der Waals surface area (Å²) in [5.74, 6) is -1.72. The van der Waals surface area contributed by atoms with Crippen molar-refractivity contribution in [2.45, 2.75) is 12.5 Å². The molecule has 6 nitrogen and oxygen atoms in total. The van der Waals surface area contributed by atoms with Gasteiger partial charge in [0.2, 0.25) is 0 Å². The minimum atomic E-state index is -1.18. The van der Waals surface area contributed by atoms with E-state index in [4.69, 9.17) is 10.2 Å². The maximum Gasteiger partial charge on any atom is 0.326 e. The highest BCUT2D eigenvalue weighted by atomic mass is 79.9. The molecule has 0 aliphatic heterocycles. The Morgan fingerprint density at radius 3 is 2.65 bits per heavy atom. The van der Waals surface area contributed by atoms with E-state index in [0.717, 1.165) is 0 Å². The number of nitrogens with zero attached hydrogens (tertiary/aromatic N) is 1. The normalized spacial score (nSPS) is 11.9. The smallest absolute Gasteiger partial charge is 0.326 e. The fraction of sp³-hybridized carbons (Fsp3) is 0.300. The van der Waals surface area contributed by atoms with Crippen molar-refractivity contribution >= 4 is 27.8 Å². The summed E-state index contributed by atoms with van der Waals surface area (Å²) in [5, 5.41) is 19.8. The molecule has 1 aromatic rings. The van der Waals surface area contributed by atoms with Gasteiger partial charge in [-0.05, 0) is 28.1 Å². The van der Waals surface area contributed by atoms with Crippen LogP contribution in [0.2, 0.25) is 0 Å². The molecule has 0 saturated heterocycles. The molecule has 3 N–H and O–H groups in total. The number of aliphatic hydroxyl groups is 1. The minimum absolute atomic E-state index is 0.0367. The maximum absolute atomic E-state index is 11.6. The molecule has 17 heavy (non-hydrogen) atoms. The van der Waals surface area contributed by atoms with E-state index in [1.165, 1.54) is 12.3 Å². The second kappa shape index (κ2) is 6.31. The molecule has 0 saturated carbocycles. The second-order valence-corrected chi connectivity index (χ2v) is 4.06. The van der Waals surface area contributed by atoms with Crippen LogP contribution in [0.5, 0.6) is 0 Å². The molecule has 0 fully saturated rings. The van der Waals surface area contributed by atoms with Crippen molar-refractivity contribution in [3.63, 3.8) is 0 Å². The fourth-order valence-corrected chi connectivity index (χ4v) is 1.37. The summed E-state index contributed by atoms with van der Waals surface area (Å²) in [6.07, 6.45) is 1.29. The van der Waals surface area contributed by atoms with E-state index in [-0.39, 0.29) is 18.6 Å². The third-order valence-electron chi connectivity index (χ3n) is 2.01. The molecule has 7 heteroatoms. The largest absolute Gasteiger partial charge is 0.480 e. The summed E-state index contributed by atoms with van der Waals surface area (Å²) in [7, 11) is 0. The first-order valence-corrected chi connectivity index (χ1v) is 5.60. The minimum Gasteiger partial charge on any atom is -0.480 e. The predicted molar refractivity (Wildman–Crippen MR) is 62.5 cm³/mol. The first-order valence-electron chi connectivity index (χ1n) is 4.80. The van der Waals surface area contributed by atoms with Crippen LogP contribution >= 0.6 is 15.9 Å². The van der Waals surface area contributed by atoms with E-state index in [1.54, 1.807) is 6.07 Å². The number of carboxylic acid groups (broad SMARTS) is 1. The van der Waals surface area contributed by atoms with Gasteiger partial charge in [0.25, 0.3) is 5.91 Å². The lowest BCUT2D eigenvalue weighted by molar-refractivity contribution is -0.139. The Labute approximate surface area is 106 Å². The number of aromatic nitrogens is 1. The number of halogens is 1. The fourth-order valence-electron chi connectivity index (χ4n) is 1.14. The number of hydrogen-bond acceptors (Lipinski definition) is 4. The summed E-state index contributed by atoms with van der Waals surface area (Å²) in [4.78, 5) is 26.3. The number of hydrogen-bond donors (Lipinski definition) is 3. The summed E-state index contributed by atoms with van der Waals surface area (Å²) in [5.41, 5.74) is 0.261. The molecule has 0 radical (unpaired) electrons. The van der Waals surface area contributed by atoms with Crippen molar-refractivity contribution in [1.82, 2.24) is 10.3 Å². The molecular formula is C10H11BrN2O4. The Hall–Kier alpha value is -1.47. The Bertz CT molecular complexity index is 407. The highest BCUT2D eigenvalue weighted by Crippen LogP contribution is 2.06. The summed E-state index contributed by atoms with van der Waals surface area (Å²) < 4.78 is 0.583. The van der Waals surface area contributed by atoms with Gasteiger partial charge in [0.15, 0.2) is 0 Å². The van der Waals surface area contributed by atoms with Crippen LogP contribution in [-0.4, -0.2) is 39.7 Å². The van der Waals surface area contributed by atoms with Crippen molar-refractivity contribution in [3.8, 4) is 0 Å². The van der Waals surface area contributed by atoms with Crippen molar-refractivity contribution in [1.29, 1.82) is 0 Å². The zero-order valence-electron chi connectivity index (χ0n) is 8.76. The van der Waals surface area contributed by atoms with Crippen molar-refractivity contribution < 1.29 is 19.8 Å². The van der Waals surface area contributed by atoms with Gasteiger partial charge >= 0.3 is 5.97 Å². The molecule has 1 aromatic heterocycles. The van der Waals surface area contributed by atoms with Crippen LogP contribution in [0.3, 0.4) is 0 Å². The molecule has 1 heterocycles. The maximum atomic E-state index is 11.6. The van der Waals surface area contributed by atoms with Gasteiger partial charge in [-0.25, -0.2) is 9.78 Å². The zero-order valence-corrected chi connectivity index (χ0v) is 10.3. The second-order valence-electron chi connectivity index (χ2n) is 3.25. The summed E-state index contributed by atoms with van der Waals surface area (Å²) in [6, 6.07) is 2.00. The molecule has 0 spiro atoms. The molecule has 0 bridgehead atoms. The van der Waals surface area contributed by atoms with Gasteiger partial charge in [-0.3, -0.25) is 4.79 Å². The number of carbonyl (C=O) groups excluding carboxylic acids is 1. The van der Waals surface area contributed by atoms with E-state index in [1.807, 2.05) is 0 Å². The Morgan fingerprint density at radius 2 is 2.18 bits per heavy atom. The number of pyridine rings is 1. The predicted octanol–water partition coefficient (Wildman–Crippen LogP) is 0.409. The van der Waals surface area contributed by atoms with Gasteiger partial charge < -0.3 is 15.5 Å². The standard InChI is InChI=1S/C10H11BrN2O4/c11-8-2-1-6(5-12-8)9(15)13-7(3-4-14)10(16)17/h1-2,5,7,14H,3-4H2,(H,13,15)(H,16,17)/t7-/m1/s1. The van der Waals surface area contributed by atoms with Gasteiger partial charge in [-0.1, -0.05) is 0 Å². The molecule has 1 amide bonds. The Balaban J connectivity index is 2.70. The van der Waals surface area contributed by atoms with Crippen LogP contribution in [-0.2, 0) is 4.79 Å². The lowest BCUT2D eigenvalue weighted by Gasteiger charge is -2.12. The number of amides is 1. The summed E-state index contributed by atoms with van der Waals surface area (Å²) in [6.45, 7) is -0.310. The van der Waals surface area contributed by atoms with Crippen LogP contribution < -0.4 is 5.32 Å². The molecule has 0 unspecified atom stereocenters. The number of nitrogens with one attached hydrogen (secondary N) is 1. The number of carbonyl (C=O) groups is 2. The van der Waals surface area contributed by atoms with E-state index in [9.17, 15) is 9.59 Å². The van der Waals surface area contributed by atoms with E-state index >= 15 is 0 Å². The number of aliphatic hydroxyl groups excluding tert-OH is 1. The van der Waals surface area contributed by atoms with E-state index in [2.05, 4.69) is 26.2 Å². The average molecular weight is 303 g/mol. The molecule has 0 aromatic carbocycles. The highest BCUT2D eigenvalue weighted by molar-refractivity contribution is 9.10. The van der Waals surface area contributed by atoms with E-state index in [0.29, 0.717) is 4.60 Å². The van der Waals surface area contributed by atoms with Gasteiger partial charge in [0.1, 0.15) is 10.6 Å². The Kier molecular flexibility index (Phi) is 5.05. The van der Waals surface area contributed by atoms with Crippen molar-refractivity contribution in [2.75, 3.05) is 6.61 Å². The molecule has 1 rings (SSSR count). The molecule has 92 valence electrons. The lowest BCUT2D eigenvalue weighted by atomic mass is 10.2. The Morgan fingerprint density at radius 1 is 1.47 bits per heavy atom. The van der Waals surface area contributed by atoms with Crippen LogP contribution in [0, 0.1) is 0 Å². The first kappa shape index (κ1) is 13.6. The van der Waals surface area contributed by atoms with Crippen LogP contribution in [0.4, 0.5) is 0 Å². The first-order chi connectivity index (χ1) is 8.04. The molecular weight excluding hydrogens is 292 g/mol. The van der Waals surface area contributed by atoms with Crippen LogP contribution in [0.15, 0.2) is 22.9 Å². The van der Waals surface area contributed by atoms with Gasteiger partial charge in [-0.15, -0.1) is 0 Å². The summed E-state index contributed by atoms with van der Waals surface area (Å²) >= 11 is 3.12. The molecule has 0 aliphatic rings. The third-order valence-corrected chi connectivity index (χ3v) is 2.48. The lowest BCUT2D eigenvalue weighted by Crippen LogP contribution is -2.41. The van der Waals surface area contributed by atoms with E-state index < -0.39 is 17.9 Å². The van der Waals surface area contributed by atoms with Crippen molar-refractivity contribution in [2.24, 2.45) is 0 Å². The van der Waals surface area contributed by atoms with Gasteiger partial charge in [-0.2, -0.15) is 0 Å². The third kappa shape index (κ3) is 4.12. The number of carboxylic acids is 1. The van der Waals surface area contributed by atoms with Crippen LogP contribution in [0.1, 0.15) is 16.8 Å². The quantitative estimate of drug-likeness (QED) is 0.684. The monoisotopic (exact) mass is 302 g/mol. The topological polar surface area (TPSA) is 99.5 Å². The van der Waals surface area contributed by atoms with Crippen molar-refractivity contribution in [3.05, 3.63) is 28.5 Å². The van der Waals surface area contributed by atoms with Crippen LogP contribution in [0.25, 0.3) is 0 Å². The van der Waals surface area contributed by atoms with Gasteiger partial charge in [0.05, 0.1) is 5.56 Å². The van der Waals surface area contributed by atoms with Gasteiger partial charge in [0, 0.05) is 19.2 Å². The molecule has 0 aliphatic carbocycles. The number of aliphatic carboxylic acids is 1. The molecule has 1 atom stereocenters.